The molecule has 2 aromatic rings. The van der Waals surface area contributed by atoms with Gasteiger partial charge in [-0.15, -0.1) is 0 Å². The van der Waals surface area contributed by atoms with Crippen LogP contribution in [0.2, 0.25) is 5.02 Å². The lowest BCUT2D eigenvalue weighted by Gasteiger charge is -2.15. The van der Waals surface area contributed by atoms with Gasteiger partial charge in [-0.25, -0.2) is 0 Å². The minimum atomic E-state index is 0.127. The molecule has 1 aromatic carbocycles. The van der Waals surface area contributed by atoms with Gasteiger partial charge in [0.1, 0.15) is 5.75 Å². The standard InChI is InChI=1S/C15H19ClN2O/c1-9-13(15(8-17)6-7-15)12-11(19-3)5-4-10(16)14(12)18(9)2/h4-5H,6-8,17H2,1-3H3. The summed E-state index contributed by atoms with van der Waals surface area (Å²) in [7, 11) is 3.76. The number of fused-ring (bicyclic) bond motifs is 1. The number of aryl methyl sites for hydroxylation is 1. The molecule has 0 bridgehead atoms. The van der Waals surface area contributed by atoms with Crippen molar-refractivity contribution < 1.29 is 4.74 Å². The molecule has 1 aromatic heterocycles. The van der Waals surface area contributed by atoms with E-state index in [1.54, 1.807) is 7.11 Å². The van der Waals surface area contributed by atoms with Gasteiger partial charge < -0.3 is 15.0 Å². The van der Waals surface area contributed by atoms with Crippen LogP contribution in [0.25, 0.3) is 10.9 Å². The van der Waals surface area contributed by atoms with Gasteiger partial charge in [0.25, 0.3) is 0 Å². The van der Waals surface area contributed by atoms with Crippen molar-refractivity contribution >= 4 is 22.5 Å². The predicted molar refractivity (Wildman–Crippen MR) is 79.2 cm³/mol. The van der Waals surface area contributed by atoms with E-state index in [1.807, 2.05) is 12.1 Å². The second-order valence-corrected chi connectivity index (χ2v) is 5.88. The van der Waals surface area contributed by atoms with Crippen molar-refractivity contribution in [2.75, 3.05) is 13.7 Å². The van der Waals surface area contributed by atoms with Crippen LogP contribution in [0, 0.1) is 6.92 Å². The van der Waals surface area contributed by atoms with Crippen molar-refractivity contribution in [3.63, 3.8) is 0 Å². The van der Waals surface area contributed by atoms with Crippen molar-refractivity contribution in [2.45, 2.75) is 25.2 Å². The molecule has 4 heteroatoms. The fraction of sp³-hybridized carbons (Fsp3) is 0.467. The Labute approximate surface area is 118 Å². The van der Waals surface area contributed by atoms with E-state index in [1.165, 1.54) is 11.3 Å². The first-order valence-electron chi connectivity index (χ1n) is 6.58. The average Bonchev–Trinajstić information content (AvgIpc) is 3.14. The molecule has 19 heavy (non-hydrogen) atoms. The van der Waals surface area contributed by atoms with Crippen LogP contribution in [0.4, 0.5) is 0 Å². The first-order valence-corrected chi connectivity index (χ1v) is 6.95. The van der Waals surface area contributed by atoms with Gasteiger partial charge in [0.2, 0.25) is 0 Å². The fourth-order valence-corrected chi connectivity index (χ4v) is 3.44. The number of halogens is 1. The second-order valence-electron chi connectivity index (χ2n) is 5.48. The molecule has 1 saturated carbocycles. The molecule has 2 N–H and O–H groups in total. The topological polar surface area (TPSA) is 40.2 Å². The number of ether oxygens (including phenoxy) is 1. The summed E-state index contributed by atoms with van der Waals surface area (Å²) in [5, 5.41) is 1.90. The van der Waals surface area contributed by atoms with Crippen LogP contribution in [0.3, 0.4) is 0 Å². The molecule has 0 atom stereocenters. The SMILES string of the molecule is COc1ccc(Cl)c2c1c(C1(CN)CC1)c(C)n2C. The lowest BCUT2D eigenvalue weighted by Crippen LogP contribution is -2.20. The first-order chi connectivity index (χ1) is 9.05. The highest BCUT2D eigenvalue weighted by Gasteiger charge is 2.46. The van der Waals surface area contributed by atoms with Gasteiger partial charge in [0.05, 0.1) is 17.6 Å². The Bertz CT molecular complexity index is 656. The van der Waals surface area contributed by atoms with Crippen LogP contribution in [0.15, 0.2) is 12.1 Å². The van der Waals surface area contributed by atoms with Crippen LogP contribution in [-0.4, -0.2) is 18.2 Å². The molecular weight excluding hydrogens is 260 g/mol. The molecule has 0 aliphatic heterocycles. The van der Waals surface area contributed by atoms with E-state index >= 15 is 0 Å². The number of benzene rings is 1. The minimum Gasteiger partial charge on any atom is -0.496 e. The third-order valence-electron chi connectivity index (χ3n) is 4.54. The molecule has 0 spiro atoms. The summed E-state index contributed by atoms with van der Waals surface area (Å²) in [6.45, 7) is 2.82. The zero-order valence-corrected chi connectivity index (χ0v) is 12.3. The van der Waals surface area contributed by atoms with Gasteiger partial charge in [-0.05, 0) is 37.5 Å². The summed E-state index contributed by atoms with van der Waals surface area (Å²) >= 11 is 6.38. The lowest BCUT2D eigenvalue weighted by molar-refractivity contribution is 0.419. The smallest absolute Gasteiger partial charge is 0.128 e. The molecule has 0 amide bonds. The van der Waals surface area contributed by atoms with E-state index in [0.29, 0.717) is 6.54 Å². The van der Waals surface area contributed by atoms with Gasteiger partial charge in [0, 0.05) is 30.1 Å². The predicted octanol–water partition coefficient (Wildman–Crippen LogP) is 3.14. The summed E-state index contributed by atoms with van der Waals surface area (Å²) in [4.78, 5) is 0. The van der Waals surface area contributed by atoms with E-state index < -0.39 is 0 Å². The van der Waals surface area contributed by atoms with Gasteiger partial charge in [0.15, 0.2) is 0 Å². The summed E-state index contributed by atoms with van der Waals surface area (Å²) in [6, 6.07) is 3.84. The summed E-state index contributed by atoms with van der Waals surface area (Å²) < 4.78 is 7.70. The Morgan fingerprint density at radius 1 is 1.42 bits per heavy atom. The number of rotatable bonds is 3. The molecule has 3 rings (SSSR count). The third kappa shape index (κ3) is 1.61. The lowest BCUT2D eigenvalue weighted by atomic mass is 9.93. The molecule has 0 unspecified atom stereocenters. The summed E-state index contributed by atoms with van der Waals surface area (Å²) in [5.41, 5.74) is 9.76. The van der Waals surface area contributed by atoms with Gasteiger partial charge >= 0.3 is 0 Å². The average molecular weight is 279 g/mol. The van der Waals surface area contributed by atoms with Crippen molar-refractivity contribution in [1.29, 1.82) is 0 Å². The van der Waals surface area contributed by atoms with E-state index in [2.05, 4.69) is 18.5 Å². The highest BCUT2D eigenvalue weighted by Crippen LogP contribution is 2.53. The molecule has 1 heterocycles. The van der Waals surface area contributed by atoms with Crippen molar-refractivity contribution in [2.24, 2.45) is 12.8 Å². The van der Waals surface area contributed by atoms with Crippen LogP contribution in [0.5, 0.6) is 5.75 Å². The summed E-state index contributed by atoms with van der Waals surface area (Å²) in [5.74, 6) is 0.887. The van der Waals surface area contributed by atoms with Crippen LogP contribution >= 0.6 is 11.6 Å². The van der Waals surface area contributed by atoms with Crippen LogP contribution in [0.1, 0.15) is 24.1 Å². The van der Waals surface area contributed by atoms with Gasteiger partial charge in [-0.2, -0.15) is 0 Å². The Hall–Kier alpha value is -1.19. The molecule has 1 fully saturated rings. The number of nitrogens with two attached hydrogens (primary N) is 1. The van der Waals surface area contributed by atoms with Crippen molar-refractivity contribution in [3.8, 4) is 5.75 Å². The number of hydrogen-bond donors (Lipinski definition) is 1. The molecule has 102 valence electrons. The molecule has 0 radical (unpaired) electrons. The van der Waals surface area contributed by atoms with Crippen LogP contribution in [-0.2, 0) is 12.5 Å². The molecule has 1 aliphatic carbocycles. The minimum absolute atomic E-state index is 0.127. The Kier molecular flexibility index (Phi) is 2.80. The number of aromatic nitrogens is 1. The van der Waals surface area contributed by atoms with Crippen molar-refractivity contribution in [1.82, 2.24) is 4.57 Å². The quantitative estimate of drug-likeness (QED) is 0.937. The van der Waals surface area contributed by atoms with Gasteiger partial charge in [-0.3, -0.25) is 0 Å². The Morgan fingerprint density at radius 3 is 2.63 bits per heavy atom. The van der Waals surface area contributed by atoms with Gasteiger partial charge in [-0.1, -0.05) is 11.6 Å². The molecule has 0 saturated heterocycles. The molecule has 1 aliphatic rings. The maximum atomic E-state index is 6.38. The zero-order chi connectivity index (χ0) is 13.8. The van der Waals surface area contributed by atoms with Crippen LogP contribution < -0.4 is 10.5 Å². The molecule has 3 nitrogen and oxygen atoms in total. The highest BCUT2D eigenvalue weighted by molar-refractivity contribution is 6.35. The normalized spacial score (nSPS) is 16.9. The van der Waals surface area contributed by atoms with E-state index in [9.17, 15) is 0 Å². The Morgan fingerprint density at radius 2 is 2.11 bits per heavy atom. The maximum Gasteiger partial charge on any atom is 0.128 e. The summed E-state index contributed by atoms with van der Waals surface area (Å²) in [6.07, 6.45) is 2.30. The van der Waals surface area contributed by atoms with E-state index in [4.69, 9.17) is 22.1 Å². The second kappa shape index (κ2) is 4.15. The monoisotopic (exact) mass is 278 g/mol. The Balaban J connectivity index is 2.44. The van der Waals surface area contributed by atoms with Crippen molar-refractivity contribution in [3.05, 3.63) is 28.4 Å². The zero-order valence-electron chi connectivity index (χ0n) is 11.6. The fourth-order valence-electron chi connectivity index (χ4n) is 3.16. The number of methoxy groups -OCH3 is 1. The number of hydrogen-bond acceptors (Lipinski definition) is 2. The van der Waals surface area contributed by atoms with E-state index in [0.717, 1.165) is 34.5 Å². The first kappa shape index (κ1) is 12.8. The maximum absolute atomic E-state index is 6.38. The van der Waals surface area contributed by atoms with E-state index in [-0.39, 0.29) is 5.41 Å². The number of nitrogens with zero attached hydrogens (tertiary/aromatic N) is 1. The molecular formula is C15H19ClN2O. The third-order valence-corrected chi connectivity index (χ3v) is 4.84. The largest absolute Gasteiger partial charge is 0.496 e. The highest BCUT2D eigenvalue weighted by atomic mass is 35.5.